The largest absolute Gasteiger partial charge is 0.270 e. The Hall–Kier alpha value is -0.580. The third-order valence-corrected chi connectivity index (χ3v) is 2.81. The zero-order chi connectivity index (χ0) is 12.6. The van der Waals surface area contributed by atoms with Crippen molar-refractivity contribution >= 4 is 15.9 Å². The molecular formula is C11H11BrF4. The van der Waals surface area contributed by atoms with Gasteiger partial charge >= 0.3 is 0 Å². The first-order chi connectivity index (χ1) is 7.14. The molecule has 0 radical (unpaired) electrons. The molecule has 1 aromatic rings. The summed E-state index contributed by atoms with van der Waals surface area (Å²) < 4.78 is 52.3. The van der Waals surface area contributed by atoms with Crippen LogP contribution in [0.2, 0.25) is 0 Å². The highest BCUT2D eigenvalue weighted by molar-refractivity contribution is 9.08. The van der Waals surface area contributed by atoms with E-state index in [1.165, 1.54) is 12.1 Å². The molecule has 16 heavy (non-hydrogen) atoms. The van der Waals surface area contributed by atoms with E-state index in [4.69, 9.17) is 0 Å². The summed E-state index contributed by atoms with van der Waals surface area (Å²) in [6.45, 7) is 1.38. The predicted molar refractivity (Wildman–Crippen MR) is 58.2 cm³/mol. The molecule has 0 amide bonds. The predicted octanol–water partition coefficient (Wildman–Crippen LogP) is 4.80. The zero-order valence-corrected chi connectivity index (χ0v) is 10.4. The Morgan fingerprint density at radius 1 is 0.938 bits per heavy atom. The summed E-state index contributed by atoms with van der Waals surface area (Å²) in [4.78, 5) is 0. The minimum atomic E-state index is -3.11. The Kier molecular flexibility index (Phi) is 3.67. The van der Waals surface area contributed by atoms with Crippen molar-refractivity contribution in [3.05, 3.63) is 34.9 Å². The van der Waals surface area contributed by atoms with Gasteiger partial charge in [-0.05, 0) is 23.8 Å². The van der Waals surface area contributed by atoms with Crippen LogP contribution in [-0.4, -0.2) is 0 Å². The van der Waals surface area contributed by atoms with Gasteiger partial charge in [0.25, 0.3) is 11.8 Å². The van der Waals surface area contributed by atoms with E-state index >= 15 is 0 Å². The monoisotopic (exact) mass is 298 g/mol. The van der Waals surface area contributed by atoms with Crippen LogP contribution in [0.3, 0.4) is 0 Å². The molecule has 0 aromatic heterocycles. The number of rotatable bonds is 3. The molecule has 0 aliphatic rings. The summed E-state index contributed by atoms with van der Waals surface area (Å²) in [5.74, 6) is -6.23. The van der Waals surface area contributed by atoms with E-state index in [0.29, 0.717) is 19.4 Å². The van der Waals surface area contributed by atoms with Crippen LogP contribution in [0.4, 0.5) is 17.6 Å². The molecule has 5 heteroatoms. The second kappa shape index (κ2) is 4.35. The third-order valence-electron chi connectivity index (χ3n) is 2.16. The molecule has 0 aliphatic carbocycles. The van der Waals surface area contributed by atoms with Crippen LogP contribution in [0.25, 0.3) is 0 Å². The van der Waals surface area contributed by atoms with Gasteiger partial charge < -0.3 is 0 Å². The third kappa shape index (κ3) is 3.20. The van der Waals surface area contributed by atoms with Crippen LogP contribution < -0.4 is 0 Å². The zero-order valence-electron chi connectivity index (χ0n) is 8.83. The van der Waals surface area contributed by atoms with Crippen LogP contribution in [-0.2, 0) is 17.2 Å². The lowest BCUT2D eigenvalue weighted by atomic mass is 10.00. The van der Waals surface area contributed by atoms with Crippen molar-refractivity contribution in [1.82, 2.24) is 0 Å². The van der Waals surface area contributed by atoms with Crippen LogP contribution >= 0.6 is 15.9 Å². The molecule has 0 unspecified atom stereocenters. The van der Waals surface area contributed by atoms with Gasteiger partial charge in [0.1, 0.15) is 0 Å². The SMILES string of the molecule is CC(F)(F)c1cc(CBr)cc(C(C)(F)F)c1. The molecule has 0 saturated heterocycles. The van der Waals surface area contributed by atoms with Crippen molar-refractivity contribution < 1.29 is 17.6 Å². The number of hydrogen-bond donors (Lipinski definition) is 0. The van der Waals surface area contributed by atoms with Gasteiger partial charge in [0.15, 0.2) is 0 Å². The maximum absolute atomic E-state index is 13.1. The second-order valence-electron chi connectivity index (χ2n) is 3.83. The summed E-state index contributed by atoms with van der Waals surface area (Å²) in [5, 5.41) is 0.264. The molecule has 0 aliphatic heterocycles. The van der Waals surface area contributed by atoms with Crippen molar-refractivity contribution in [3.63, 3.8) is 0 Å². The van der Waals surface area contributed by atoms with Crippen LogP contribution in [0, 0.1) is 0 Å². The Bertz CT molecular complexity index is 344. The van der Waals surface area contributed by atoms with Crippen molar-refractivity contribution in [1.29, 1.82) is 0 Å². The molecule has 1 aromatic carbocycles. The normalized spacial score (nSPS) is 12.9. The fourth-order valence-electron chi connectivity index (χ4n) is 1.28. The van der Waals surface area contributed by atoms with E-state index in [1.807, 2.05) is 0 Å². The summed E-state index contributed by atoms with van der Waals surface area (Å²) in [7, 11) is 0. The maximum atomic E-state index is 13.1. The number of halogens is 5. The van der Waals surface area contributed by atoms with Crippen molar-refractivity contribution in [2.45, 2.75) is 31.0 Å². The first kappa shape index (κ1) is 13.5. The van der Waals surface area contributed by atoms with Gasteiger partial charge in [-0.15, -0.1) is 0 Å². The van der Waals surface area contributed by atoms with Crippen LogP contribution in [0.5, 0.6) is 0 Å². The van der Waals surface area contributed by atoms with E-state index in [-0.39, 0.29) is 16.5 Å². The van der Waals surface area contributed by atoms with Gasteiger partial charge in [0, 0.05) is 30.3 Å². The maximum Gasteiger partial charge on any atom is 0.270 e. The van der Waals surface area contributed by atoms with Crippen molar-refractivity contribution in [3.8, 4) is 0 Å². The lowest BCUT2D eigenvalue weighted by Gasteiger charge is -2.17. The summed E-state index contributed by atoms with van der Waals surface area (Å²) >= 11 is 3.07. The smallest absolute Gasteiger partial charge is 0.202 e. The molecule has 0 bridgehead atoms. The average molecular weight is 299 g/mol. The Labute approximate surface area is 99.8 Å². The molecule has 90 valence electrons. The van der Waals surface area contributed by atoms with Gasteiger partial charge in [0.05, 0.1) is 0 Å². The standard InChI is InChI=1S/C11H11BrF4/c1-10(13,14)8-3-7(6-12)4-9(5-8)11(2,15)16/h3-5H,6H2,1-2H3. The molecule has 0 fully saturated rings. The Balaban J connectivity index is 3.33. The van der Waals surface area contributed by atoms with E-state index in [0.717, 1.165) is 6.07 Å². The number of benzene rings is 1. The van der Waals surface area contributed by atoms with Gasteiger partial charge in [-0.2, -0.15) is 0 Å². The molecule has 0 heterocycles. The van der Waals surface area contributed by atoms with Crippen LogP contribution in [0.15, 0.2) is 18.2 Å². The lowest BCUT2D eigenvalue weighted by molar-refractivity contribution is 0.0104. The highest BCUT2D eigenvalue weighted by Gasteiger charge is 2.30. The number of alkyl halides is 5. The Morgan fingerprint density at radius 3 is 1.56 bits per heavy atom. The number of hydrogen-bond acceptors (Lipinski definition) is 0. The second-order valence-corrected chi connectivity index (χ2v) is 4.39. The first-order valence-corrected chi connectivity index (χ1v) is 5.73. The van der Waals surface area contributed by atoms with E-state index in [2.05, 4.69) is 15.9 Å². The van der Waals surface area contributed by atoms with Crippen molar-refractivity contribution in [2.75, 3.05) is 0 Å². The minimum absolute atomic E-state index is 0.264. The molecule has 1 rings (SSSR count). The van der Waals surface area contributed by atoms with E-state index < -0.39 is 11.8 Å². The molecule has 0 N–H and O–H groups in total. The van der Waals surface area contributed by atoms with E-state index in [9.17, 15) is 17.6 Å². The van der Waals surface area contributed by atoms with Crippen molar-refractivity contribution in [2.24, 2.45) is 0 Å². The fraction of sp³-hybridized carbons (Fsp3) is 0.455. The fourth-order valence-corrected chi connectivity index (χ4v) is 1.60. The highest BCUT2D eigenvalue weighted by Crippen LogP contribution is 2.34. The van der Waals surface area contributed by atoms with Gasteiger partial charge in [-0.25, -0.2) is 17.6 Å². The minimum Gasteiger partial charge on any atom is -0.202 e. The van der Waals surface area contributed by atoms with Crippen LogP contribution in [0.1, 0.15) is 30.5 Å². The summed E-state index contributed by atoms with van der Waals surface area (Å²) in [6, 6.07) is 3.31. The lowest BCUT2D eigenvalue weighted by Crippen LogP contribution is -2.13. The molecule has 0 nitrogen and oxygen atoms in total. The molecule has 0 atom stereocenters. The average Bonchev–Trinajstić information content (AvgIpc) is 2.14. The topological polar surface area (TPSA) is 0 Å². The first-order valence-electron chi connectivity index (χ1n) is 4.61. The molecule has 0 spiro atoms. The van der Waals surface area contributed by atoms with Gasteiger partial charge in [-0.3, -0.25) is 0 Å². The summed E-state index contributed by atoms with van der Waals surface area (Å²) in [5.41, 5.74) is -0.363. The highest BCUT2D eigenvalue weighted by atomic mass is 79.9. The Morgan fingerprint density at radius 2 is 1.31 bits per heavy atom. The molecular weight excluding hydrogens is 288 g/mol. The molecule has 0 saturated carbocycles. The van der Waals surface area contributed by atoms with Gasteiger partial charge in [0.2, 0.25) is 0 Å². The van der Waals surface area contributed by atoms with Gasteiger partial charge in [-0.1, -0.05) is 15.9 Å². The quantitative estimate of drug-likeness (QED) is 0.555. The van der Waals surface area contributed by atoms with E-state index in [1.54, 1.807) is 0 Å². The summed E-state index contributed by atoms with van der Waals surface area (Å²) in [6.07, 6.45) is 0.